The Labute approximate surface area is 113 Å². The van der Waals surface area contributed by atoms with E-state index in [0.29, 0.717) is 0 Å². The Kier molecular flexibility index (Phi) is 3.11. The maximum atomic E-state index is 12.2. The predicted octanol–water partition coefficient (Wildman–Crippen LogP) is 2.40. The molecule has 2 aliphatic carbocycles. The van der Waals surface area contributed by atoms with Gasteiger partial charge in [0.1, 0.15) is 5.76 Å². The van der Waals surface area contributed by atoms with Crippen LogP contribution < -0.4 is 5.32 Å². The molecule has 0 aromatic heterocycles. The highest BCUT2D eigenvalue weighted by molar-refractivity contribution is 5.96. The van der Waals surface area contributed by atoms with E-state index >= 15 is 0 Å². The lowest BCUT2D eigenvalue weighted by atomic mass is 9.85. The van der Waals surface area contributed by atoms with Crippen molar-refractivity contribution in [2.24, 2.45) is 5.92 Å². The number of ether oxygens (including phenoxy) is 1. The smallest absolute Gasteiger partial charge is 0.166 e. The minimum absolute atomic E-state index is 0.0105. The standard InChI is InChI=1S/C16H17NO2/c1-19-12-7-8-13-15(9-12)17-14(10-16(13)18)11-5-3-2-4-6-11/h3,5-10,13,15,17H,2,4H2,1H3. The second-order valence-electron chi connectivity index (χ2n) is 4.93. The third-order valence-electron chi connectivity index (χ3n) is 3.68. The molecule has 3 nitrogen and oxygen atoms in total. The summed E-state index contributed by atoms with van der Waals surface area (Å²) in [7, 11) is 1.64. The Morgan fingerprint density at radius 3 is 2.95 bits per heavy atom. The van der Waals surface area contributed by atoms with Crippen LogP contribution in [-0.2, 0) is 9.53 Å². The van der Waals surface area contributed by atoms with Gasteiger partial charge in [-0.25, -0.2) is 0 Å². The van der Waals surface area contributed by atoms with Crippen LogP contribution in [0.5, 0.6) is 0 Å². The van der Waals surface area contributed by atoms with E-state index in [1.54, 1.807) is 13.2 Å². The third kappa shape index (κ3) is 2.28. The van der Waals surface area contributed by atoms with Crippen LogP contribution in [0, 0.1) is 5.92 Å². The molecule has 1 N–H and O–H groups in total. The number of nitrogens with one attached hydrogen (secondary N) is 1. The van der Waals surface area contributed by atoms with E-state index in [4.69, 9.17) is 4.74 Å². The summed E-state index contributed by atoms with van der Waals surface area (Å²) in [4.78, 5) is 12.2. The second-order valence-corrected chi connectivity index (χ2v) is 4.93. The van der Waals surface area contributed by atoms with Crippen molar-refractivity contribution in [3.63, 3.8) is 0 Å². The fourth-order valence-corrected chi connectivity index (χ4v) is 2.63. The van der Waals surface area contributed by atoms with Crippen molar-refractivity contribution in [2.45, 2.75) is 18.9 Å². The minimum atomic E-state index is -0.115. The van der Waals surface area contributed by atoms with Crippen molar-refractivity contribution in [1.82, 2.24) is 5.32 Å². The van der Waals surface area contributed by atoms with Gasteiger partial charge in [-0.2, -0.15) is 0 Å². The number of hydrogen-bond donors (Lipinski definition) is 1. The Morgan fingerprint density at radius 2 is 2.21 bits per heavy atom. The van der Waals surface area contributed by atoms with Crippen LogP contribution >= 0.6 is 0 Å². The van der Waals surface area contributed by atoms with Crippen LogP contribution in [0.15, 0.2) is 59.6 Å². The summed E-state index contributed by atoms with van der Waals surface area (Å²) < 4.78 is 5.23. The molecular weight excluding hydrogens is 238 g/mol. The number of methoxy groups -OCH3 is 1. The van der Waals surface area contributed by atoms with Crippen molar-refractivity contribution >= 4 is 5.78 Å². The molecule has 98 valence electrons. The molecule has 19 heavy (non-hydrogen) atoms. The van der Waals surface area contributed by atoms with Gasteiger partial charge in [0.05, 0.1) is 19.1 Å². The molecule has 0 fully saturated rings. The molecule has 0 saturated heterocycles. The van der Waals surface area contributed by atoms with Crippen molar-refractivity contribution in [3.05, 3.63) is 59.6 Å². The van der Waals surface area contributed by atoms with Crippen molar-refractivity contribution in [1.29, 1.82) is 0 Å². The lowest BCUT2D eigenvalue weighted by molar-refractivity contribution is -0.117. The van der Waals surface area contributed by atoms with E-state index in [1.807, 2.05) is 18.2 Å². The molecule has 3 aliphatic rings. The Hall–Kier alpha value is -2.03. The van der Waals surface area contributed by atoms with Crippen LogP contribution in [0.4, 0.5) is 0 Å². The monoisotopic (exact) mass is 255 g/mol. The van der Waals surface area contributed by atoms with E-state index in [2.05, 4.69) is 23.5 Å². The summed E-state index contributed by atoms with van der Waals surface area (Å²) in [5, 5.41) is 3.43. The molecule has 0 radical (unpaired) electrons. The zero-order valence-corrected chi connectivity index (χ0v) is 10.9. The molecule has 2 atom stereocenters. The quantitative estimate of drug-likeness (QED) is 0.823. The molecule has 0 aromatic carbocycles. The van der Waals surface area contributed by atoms with Crippen molar-refractivity contribution < 1.29 is 9.53 Å². The number of hydrogen-bond acceptors (Lipinski definition) is 3. The fraction of sp³-hybridized carbons (Fsp3) is 0.312. The maximum Gasteiger partial charge on any atom is 0.166 e. The molecular formula is C16H17NO2. The van der Waals surface area contributed by atoms with Crippen molar-refractivity contribution in [2.75, 3.05) is 7.11 Å². The van der Waals surface area contributed by atoms with E-state index in [9.17, 15) is 4.79 Å². The summed E-state index contributed by atoms with van der Waals surface area (Å²) in [6, 6.07) is -0.0105. The predicted molar refractivity (Wildman–Crippen MR) is 74.2 cm³/mol. The lowest BCUT2D eigenvalue weighted by Crippen LogP contribution is -2.43. The van der Waals surface area contributed by atoms with Gasteiger partial charge in [0, 0.05) is 11.8 Å². The number of ketones is 1. The summed E-state index contributed by atoms with van der Waals surface area (Å²) in [6.07, 6.45) is 16.0. The molecule has 1 heterocycles. The minimum Gasteiger partial charge on any atom is -0.497 e. The second kappa shape index (κ2) is 4.92. The first-order chi connectivity index (χ1) is 9.28. The van der Waals surface area contributed by atoms with E-state index in [1.165, 1.54) is 0 Å². The van der Waals surface area contributed by atoms with E-state index < -0.39 is 0 Å². The van der Waals surface area contributed by atoms with Gasteiger partial charge in [0.2, 0.25) is 0 Å². The summed E-state index contributed by atoms with van der Waals surface area (Å²) >= 11 is 0. The molecule has 1 aliphatic heterocycles. The summed E-state index contributed by atoms with van der Waals surface area (Å²) in [6.45, 7) is 0. The number of carbonyl (C=O) groups is 1. The number of fused-ring (bicyclic) bond motifs is 1. The molecule has 0 aromatic rings. The first-order valence-corrected chi connectivity index (χ1v) is 6.61. The van der Waals surface area contributed by atoms with Gasteiger partial charge in [0.25, 0.3) is 0 Å². The average Bonchev–Trinajstić information content (AvgIpc) is 2.47. The zero-order chi connectivity index (χ0) is 13.2. The van der Waals surface area contributed by atoms with Crippen molar-refractivity contribution in [3.8, 4) is 0 Å². The fourth-order valence-electron chi connectivity index (χ4n) is 2.63. The van der Waals surface area contributed by atoms with Crippen LogP contribution in [0.3, 0.4) is 0 Å². The van der Waals surface area contributed by atoms with Gasteiger partial charge < -0.3 is 10.1 Å². The topological polar surface area (TPSA) is 38.3 Å². The molecule has 0 spiro atoms. The molecule has 0 amide bonds. The van der Waals surface area contributed by atoms with Crippen LogP contribution in [0.1, 0.15) is 12.8 Å². The normalized spacial score (nSPS) is 28.9. The Balaban J connectivity index is 1.88. The first kappa shape index (κ1) is 12.0. The maximum absolute atomic E-state index is 12.2. The number of carbonyl (C=O) groups excluding carboxylic acids is 1. The largest absolute Gasteiger partial charge is 0.497 e. The first-order valence-electron chi connectivity index (χ1n) is 6.61. The van der Waals surface area contributed by atoms with E-state index in [0.717, 1.165) is 29.9 Å². The molecule has 0 bridgehead atoms. The van der Waals surface area contributed by atoms with E-state index in [-0.39, 0.29) is 17.7 Å². The average molecular weight is 255 g/mol. The van der Waals surface area contributed by atoms with Crippen LogP contribution in [0.25, 0.3) is 0 Å². The molecule has 3 heteroatoms. The van der Waals surface area contributed by atoms with Gasteiger partial charge >= 0.3 is 0 Å². The number of allylic oxidation sites excluding steroid dienone is 5. The van der Waals surface area contributed by atoms with Gasteiger partial charge in [-0.1, -0.05) is 24.3 Å². The lowest BCUT2D eigenvalue weighted by Gasteiger charge is -2.31. The zero-order valence-electron chi connectivity index (χ0n) is 10.9. The van der Waals surface area contributed by atoms with Gasteiger partial charge in [-0.3, -0.25) is 4.79 Å². The highest BCUT2D eigenvalue weighted by Crippen LogP contribution is 2.27. The Morgan fingerprint density at radius 1 is 1.32 bits per heavy atom. The summed E-state index contributed by atoms with van der Waals surface area (Å²) in [5.41, 5.74) is 2.03. The van der Waals surface area contributed by atoms with Gasteiger partial charge in [-0.05, 0) is 30.6 Å². The van der Waals surface area contributed by atoms with Crippen LogP contribution in [0.2, 0.25) is 0 Å². The van der Waals surface area contributed by atoms with Gasteiger partial charge in [-0.15, -0.1) is 0 Å². The SMILES string of the molecule is COC1=CC2NC(C3=CCCC=C3)=CC(=O)C2C=C1. The van der Waals surface area contributed by atoms with Gasteiger partial charge in [0.15, 0.2) is 5.78 Å². The summed E-state index contributed by atoms with van der Waals surface area (Å²) in [5.74, 6) is 0.841. The third-order valence-corrected chi connectivity index (χ3v) is 3.68. The Bertz CT molecular complexity index is 549. The highest BCUT2D eigenvalue weighted by Gasteiger charge is 2.31. The number of rotatable bonds is 2. The van der Waals surface area contributed by atoms with Crippen LogP contribution in [-0.4, -0.2) is 18.9 Å². The highest BCUT2D eigenvalue weighted by atomic mass is 16.5. The molecule has 0 saturated carbocycles. The molecule has 3 rings (SSSR count). The molecule has 2 unspecified atom stereocenters.